The van der Waals surface area contributed by atoms with E-state index in [0.29, 0.717) is 0 Å². The molecule has 0 spiro atoms. The molecule has 2 rings (SSSR count). The molecule has 2 atom stereocenters. The smallest absolute Gasteiger partial charge is 0.407 e. The number of carboxylic acids is 1. The fourth-order valence-electron chi connectivity index (χ4n) is 2.65. The maximum atomic E-state index is 11.7. The Bertz CT molecular complexity index is 794. The molecule has 150 valence electrons. The lowest BCUT2D eigenvalue weighted by Crippen LogP contribution is -2.30. The van der Waals surface area contributed by atoms with Gasteiger partial charge in [-0.25, -0.2) is 9.59 Å². The third-order valence-electron chi connectivity index (χ3n) is 4.10. The fourth-order valence-corrected chi connectivity index (χ4v) is 2.65. The lowest BCUT2D eigenvalue weighted by atomic mass is 9.96. The highest BCUT2D eigenvalue weighted by molar-refractivity contribution is 5.92. The number of amides is 1. The zero-order chi connectivity index (χ0) is 20.5. The quantitative estimate of drug-likeness (QED) is 0.517. The molecule has 2 aromatic rings. The summed E-state index contributed by atoms with van der Waals surface area (Å²) in [6.45, 7) is 0.155. The zero-order valence-electron chi connectivity index (χ0n) is 15.4. The van der Waals surface area contributed by atoms with Crippen LogP contribution in [0.1, 0.15) is 34.0 Å². The van der Waals surface area contributed by atoms with E-state index in [1.807, 2.05) is 30.3 Å². The Labute approximate surface area is 162 Å². The summed E-state index contributed by atoms with van der Waals surface area (Å²) in [7, 11) is 1.32. The van der Waals surface area contributed by atoms with Crippen molar-refractivity contribution in [1.82, 2.24) is 5.32 Å². The van der Waals surface area contributed by atoms with Crippen molar-refractivity contribution in [2.45, 2.75) is 25.2 Å². The minimum absolute atomic E-state index is 0.00211. The predicted molar refractivity (Wildman–Crippen MR) is 100 cm³/mol. The number of aliphatic hydroxyl groups excluding tert-OH is 2. The van der Waals surface area contributed by atoms with Gasteiger partial charge in [0.25, 0.3) is 0 Å². The summed E-state index contributed by atoms with van der Waals surface area (Å²) in [6, 6.07) is 13.5. The van der Waals surface area contributed by atoms with E-state index in [4.69, 9.17) is 9.47 Å². The molecule has 8 heteroatoms. The predicted octanol–water partition coefficient (Wildman–Crippen LogP) is 2.10. The molecule has 0 saturated heterocycles. The molecule has 0 radical (unpaired) electrons. The van der Waals surface area contributed by atoms with Crippen LogP contribution in [0.4, 0.5) is 4.79 Å². The molecule has 0 aliphatic carbocycles. The second-order valence-corrected chi connectivity index (χ2v) is 6.02. The first-order valence-electron chi connectivity index (χ1n) is 8.65. The lowest BCUT2D eigenvalue weighted by molar-refractivity contribution is 0.0126. The average molecular weight is 389 g/mol. The van der Waals surface area contributed by atoms with Gasteiger partial charge in [-0.2, -0.15) is 0 Å². The third-order valence-corrected chi connectivity index (χ3v) is 4.10. The van der Waals surface area contributed by atoms with Crippen molar-refractivity contribution in [3.63, 3.8) is 0 Å². The van der Waals surface area contributed by atoms with Crippen LogP contribution in [0.15, 0.2) is 48.5 Å². The van der Waals surface area contributed by atoms with Gasteiger partial charge in [0.1, 0.15) is 24.0 Å². The normalized spacial score (nSPS) is 12.7. The summed E-state index contributed by atoms with van der Waals surface area (Å²) >= 11 is 0. The standard InChI is InChI=1S/C20H23NO7/c1-27-16-9-5-8-14(17(16)19(24)25)18(23)15(22)10-11-21-20(26)28-12-13-6-3-2-4-7-13/h2-9,15,18,22-23H,10-12H2,1H3,(H,21,26)(H,24,25). The first-order chi connectivity index (χ1) is 13.4. The number of rotatable bonds is 9. The minimum atomic E-state index is -1.46. The molecule has 28 heavy (non-hydrogen) atoms. The van der Waals surface area contributed by atoms with Crippen LogP contribution in [0.25, 0.3) is 0 Å². The van der Waals surface area contributed by atoms with Crippen LogP contribution >= 0.6 is 0 Å². The second kappa shape index (κ2) is 10.3. The van der Waals surface area contributed by atoms with E-state index in [9.17, 15) is 24.9 Å². The Morgan fingerprint density at radius 3 is 2.43 bits per heavy atom. The molecule has 0 heterocycles. The molecule has 0 fully saturated rings. The van der Waals surface area contributed by atoms with Gasteiger partial charge in [-0.1, -0.05) is 42.5 Å². The van der Waals surface area contributed by atoms with E-state index >= 15 is 0 Å². The monoisotopic (exact) mass is 389 g/mol. The number of ether oxygens (including phenoxy) is 2. The topological polar surface area (TPSA) is 125 Å². The van der Waals surface area contributed by atoms with Crippen LogP contribution in [-0.4, -0.2) is 47.1 Å². The second-order valence-electron chi connectivity index (χ2n) is 6.02. The number of aliphatic hydroxyl groups is 2. The molecule has 8 nitrogen and oxygen atoms in total. The van der Waals surface area contributed by atoms with E-state index in [0.717, 1.165) is 5.56 Å². The number of nitrogens with one attached hydrogen (secondary N) is 1. The van der Waals surface area contributed by atoms with Crippen LogP contribution in [0, 0.1) is 0 Å². The van der Waals surface area contributed by atoms with Crippen molar-refractivity contribution in [3.8, 4) is 5.75 Å². The summed E-state index contributed by atoms with van der Waals surface area (Å²) in [6.07, 6.45) is -3.40. The molecule has 0 bridgehead atoms. The first-order valence-corrected chi connectivity index (χ1v) is 8.65. The minimum Gasteiger partial charge on any atom is -0.496 e. The first kappa shape index (κ1) is 21.2. The Morgan fingerprint density at radius 1 is 1.07 bits per heavy atom. The summed E-state index contributed by atoms with van der Waals surface area (Å²) in [5.74, 6) is -1.19. The summed E-state index contributed by atoms with van der Waals surface area (Å²) in [5, 5.41) is 32.4. The summed E-state index contributed by atoms with van der Waals surface area (Å²) < 4.78 is 10.1. The van der Waals surface area contributed by atoms with Crippen molar-refractivity contribution in [2.75, 3.05) is 13.7 Å². The molecule has 0 aromatic heterocycles. The van der Waals surface area contributed by atoms with Gasteiger partial charge in [-0.15, -0.1) is 0 Å². The molecule has 1 amide bonds. The van der Waals surface area contributed by atoms with Crippen molar-refractivity contribution >= 4 is 12.1 Å². The Hall–Kier alpha value is -3.10. The van der Waals surface area contributed by atoms with E-state index < -0.39 is 24.3 Å². The van der Waals surface area contributed by atoms with Gasteiger partial charge in [-0.3, -0.25) is 0 Å². The van der Waals surface area contributed by atoms with Crippen molar-refractivity contribution in [3.05, 3.63) is 65.2 Å². The number of methoxy groups -OCH3 is 1. The lowest BCUT2D eigenvalue weighted by Gasteiger charge is -2.21. The van der Waals surface area contributed by atoms with Crippen LogP contribution in [0.2, 0.25) is 0 Å². The van der Waals surface area contributed by atoms with Crippen molar-refractivity contribution in [2.24, 2.45) is 0 Å². The van der Waals surface area contributed by atoms with Crippen LogP contribution in [0.3, 0.4) is 0 Å². The van der Waals surface area contributed by atoms with Gasteiger partial charge < -0.3 is 30.1 Å². The van der Waals surface area contributed by atoms with Gasteiger partial charge in [0.2, 0.25) is 0 Å². The SMILES string of the molecule is COc1cccc(C(O)C(O)CCNC(=O)OCc2ccccc2)c1C(=O)O. The highest BCUT2D eigenvalue weighted by atomic mass is 16.5. The number of carbonyl (C=O) groups is 2. The number of alkyl carbamates (subject to hydrolysis) is 1. The number of carboxylic acid groups (broad SMARTS) is 1. The molecule has 2 unspecified atom stereocenters. The van der Waals surface area contributed by atoms with Gasteiger partial charge >= 0.3 is 12.1 Å². The molecular weight excluding hydrogens is 366 g/mol. The van der Waals surface area contributed by atoms with Gasteiger partial charge in [0, 0.05) is 12.1 Å². The number of carbonyl (C=O) groups excluding carboxylic acids is 1. The summed E-state index contributed by atoms with van der Waals surface area (Å²) in [5.41, 5.74) is 0.658. The van der Waals surface area contributed by atoms with E-state index in [2.05, 4.69) is 5.32 Å². The summed E-state index contributed by atoms with van der Waals surface area (Å²) in [4.78, 5) is 23.2. The Balaban J connectivity index is 1.87. The average Bonchev–Trinajstić information content (AvgIpc) is 2.71. The van der Waals surface area contributed by atoms with Crippen LogP contribution in [0.5, 0.6) is 5.75 Å². The molecule has 0 aliphatic rings. The van der Waals surface area contributed by atoms with Crippen molar-refractivity contribution < 1.29 is 34.4 Å². The largest absolute Gasteiger partial charge is 0.496 e. The van der Waals surface area contributed by atoms with E-state index in [1.165, 1.54) is 25.3 Å². The Kier molecular flexibility index (Phi) is 7.79. The highest BCUT2D eigenvalue weighted by Crippen LogP contribution is 2.29. The van der Waals surface area contributed by atoms with E-state index in [1.54, 1.807) is 0 Å². The van der Waals surface area contributed by atoms with E-state index in [-0.39, 0.29) is 36.4 Å². The maximum Gasteiger partial charge on any atom is 0.407 e. The fraction of sp³-hybridized carbons (Fsp3) is 0.300. The zero-order valence-corrected chi connectivity index (χ0v) is 15.4. The molecule has 2 aromatic carbocycles. The van der Waals surface area contributed by atoms with Gasteiger partial charge in [0.05, 0.1) is 13.2 Å². The number of hydrogen-bond acceptors (Lipinski definition) is 6. The molecular formula is C20H23NO7. The molecule has 4 N–H and O–H groups in total. The molecule has 0 aliphatic heterocycles. The van der Waals surface area contributed by atoms with Crippen LogP contribution < -0.4 is 10.1 Å². The number of hydrogen-bond donors (Lipinski definition) is 4. The Morgan fingerprint density at radius 2 is 1.79 bits per heavy atom. The third kappa shape index (κ3) is 5.70. The van der Waals surface area contributed by atoms with Gasteiger partial charge in [-0.05, 0) is 18.1 Å². The molecule has 0 saturated carbocycles. The van der Waals surface area contributed by atoms with Gasteiger partial charge in [0.15, 0.2) is 0 Å². The van der Waals surface area contributed by atoms with Crippen molar-refractivity contribution in [1.29, 1.82) is 0 Å². The maximum absolute atomic E-state index is 11.7. The highest BCUT2D eigenvalue weighted by Gasteiger charge is 2.26. The van der Waals surface area contributed by atoms with Crippen LogP contribution in [-0.2, 0) is 11.3 Å². The number of benzene rings is 2. The number of aromatic carboxylic acids is 1.